The maximum absolute atomic E-state index is 12.5. The molecular formula is C16H20N2O2. The van der Waals surface area contributed by atoms with Crippen LogP contribution in [0, 0.1) is 11.8 Å². The van der Waals surface area contributed by atoms with E-state index in [9.17, 15) is 4.79 Å². The van der Waals surface area contributed by atoms with E-state index in [0.717, 1.165) is 12.0 Å². The van der Waals surface area contributed by atoms with Gasteiger partial charge >= 0.3 is 0 Å². The average Bonchev–Trinajstić information content (AvgIpc) is 2.52. The Labute approximate surface area is 119 Å². The van der Waals surface area contributed by atoms with Crippen LogP contribution < -0.4 is 5.73 Å². The molecule has 2 rings (SSSR count). The van der Waals surface area contributed by atoms with Gasteiger partial charge in [-0.05, 0) is 30.7 Å². The zero-order valence-corrected chi connectivity index (χ0v) is 11.8. The van der Waals surface area contributed by atoms with Gasteiger partial charge in [-0.2, -0.15) is 0 Å². The predicted octanol–water partition coefficient (Wildman–Crippen LogP) is 1.25. The lowest BCUT2D eigenvalue weighted by Gasteiger charge is -2.35. The quantitative estimate of drug-likeness (QED) is 0.824. The molecule has 0 aromatic heterocycles. The van der Waals surface area contributed by atoms with Crippen LogP contribution in [0.15, 0.2) is 24.3 Å². The van der Waals surface area contributed by atoms with Crippen molar-refractivity contribution in [3.05, 3.63) is 35.4 Å². The molecule has 1 aliphatic rings. The van der Waals surface area contributed by atoms with Gasteiger partial charge < -0.3 is 15.4 Å². The van der Waals surface area contributed by atoms with Gasteiger partial charge in [0, 0.05) is 17.7 Å². The number of benzene rings is 1. The molecule has 1 unspecified atom stereocenters. The number of carbonyl (C=O) groups excluding carboxylic acids is 1. The highest BCUT2D eigenvalue weighted by Crippen LogP contribution is 2.15. The molecule has 1 heterocycles. The fraction of sp³-hybridized carbons (Fsp3) is 0.438. The van der Waals surface area contributed by atoms with E-state index in [4.69, 9.17) is 10.5 Å². The molecule has 1 saturated heterocycles. The molecule has 0 spiro atoms. The lowest BCUT2D eigenvalue weighted by atomic mass is 10.1. The standard InChI is InChI=1S/C16H20N2O2/c1-2-15-12-20-11-10-18(15)16(19)14-7-5-13(6-8-14)4-3-9-17/h5-8,15H,2,9-12,17H2,1H3. The maximum Gasteiger partial charge on any atom is 0.254 e. The second kappa shape index (κ2) is 7.09. The molecular weight excluding hydrogens is 252 g/mol. The monoisotopic (exact) mass is 272 g/mol. The van der Waals surface area contributed by atoms with Gasteiger partial charge in [-0.25, -0.2) is 0 Å². The van der Waals surface area contributed by atoms with E-state index in [-0.39, 0.29) is 11.9 Å². The maximum atomic E-state index is 12.5. The summed E-state index contributed by atoms with van der Waals surface area (Å²) >= 11 is 0. The topological polar surface area (TPSA) is 55.6 Å². The smallest absolute Gasteiger partial charge is 0.254 e. The molecule has 1 fully saturated rings. The van der Waals surface area contributed by atoms with Crippen molar-refractivity contribution in [3.8, 4) is 11.8 Å². The molecule has 0 radical (unpaired) electrons. The van der Waals surface area contributed by atoms with Crippen LogP contribution in [-0.2, 0) is 4.74 Å². The molecule has 20 heavy (non-hydrogen) atoms. The molecule has 1 aliphatic heterocycles. The third-order valence-corrected chi connectivity index (χ3v) is 3.43. The number of morpholine rings is 1. The third-order valence-electron chi connectivity index (χ3n) is 3.43. The summed E-state index contributed by atoms with van der Waals surface area (Å²) in [5.41, 5.74) is 6.91. The van der Waals surface area contributed by atoms with Gasteiger partial charge in [0.1, 0.15) is 0 Å². The lowest BCUT2D eigenvalue weighted by molar-refractivity contribution is -0.00279. The number of nitrogens with two attached hydrogens (primary N) is 1. The van der Waals surface area contributed by atoms with Gasteiger partial charge in [0.25, 0.3) is 5.91 Å². The molecule has 1 amide bonds. The number of amides is 1. The number of hydrogen-bond donors (Lipinski definition) is 1. The predicted molar refractivity (Wildman–Crippen MR) is 78.3 cm³/mol. The van der Waals surface area contributed by atoms with Gasteiger partial charge in [0.15, 0.2) is 0 Å². The van der Waals surface area contributed by atoms with Crippen LogP contribution in [-0.4, -0.2) is 43.2 Å². The highest BCUT2D eigenvalue weighted by Gasteiger charge is 2.26. The van der Waals surface area contributed by atoms with Crippen LogP contribution in [0.4, 0.5) is 0 Å². The van der Waals surface area contributed by atoms with Crippen molar-refractivity contribution in [3.63, 3.8) is 0 Å². The minimum atomic E-state index is 0.0680. The first kappa shape index (κ1) is 14.6. The number of rotatable bonds is 2. The lowest BCUT2D eigenvalue weighted by Crippen LogP contribution is -2.48. The van der Waals surface area contributed by atoms with Crippen molar-refractivity contribution in [2.45, 2.75) is 19.4 Å². The average molecular weight is 272 g/mol. The van der Waals surface area contributed by atoms with Crippen molar-refractivity contribution < 1.29 is 9.53 Å². The van der Waals surface area contributed by atoms with E-state index in [1.54, 1.807) is 0 Å². The zero-order valence-electron chi connectivity index (χ0n) is 11.8. The van der Waals surface area contributed by atoms with Crippen LogP contribution in [0.25, 0.3) is 0 Å². The minimum Gasteiger partial charge on any atom is -0.377 e. The Kier molecular flexibility index (Phi) is 5.16. The van der Waals surface area contributed by atoms with E-state index < -0.39 is 0 Å². The normalized spacial score (nSPS) is 18.3. The van der Waals surface area contributed by atoms with Crippen molar-refractivity contribution in [2.75, 3.05) is 26.3 Å². The Hall–Kier alpha value is -1.83. The molecule has 1 atom stereocenters. The van der Waals surface area contributed by atoms with Crippen molar-refractivity contribution >= 4 is 5.91 Å². The van der Waals surface area contributed by atoms with Crippen LogP contribution in [0.2, 0.25) is 0 Å². The summed E-state index contributed by atoms with van der Waals surface area (Å²) in [6, 6.07) is 7.54. The van der Waals surface area contributed by atoms with Crippen LogP contribution in [0.1, 0.15) is 29.3 Å². The number of hydrogen-bond acceptors (Lipinski definition) is 3. The van der Waals surface area contributed by atoms with E-state index in [1.807, 2.05) is 29.2 Å². The molecule has 106 valence electrons. The fourth-order valence-electron chi connectivity index (χ4n) is 2.28. The van der Waals surface area contributed by atoms with Crippen LogP contribution in [0.3, 0.4) is 0 Å². The van der Waals surface area contributed by atoms with E-state index in [2.05, 4.69) is 18.8 Å². The minimum absolute atomic E-state index is 0.0680. The van der Waals surface area contributed by atoms with Gasteiger partial charge in [-0.3, -0.25) is 4.79 Å². The summed E-state index contributed by atoms with van der Waals surface area (Å²) in [7, 11) is 0. The van der Waals surface area contributed by atoms with Gasteiger partial charge in [-0.1, -0.05) is 18.8 Å². The summed E-state index contributed by atoms with van der Waals surface area (Å²) in [6.07, 6.45) is 0.909. The summed E-state index contributed by atoms with van der Waals surface area (Å²) in [5, 5.41) is 0. The molecule has 0 bridgehead atoms. The Bertz CT molecular complexity index is 514. The third kappa shape index (κ3) is 3.38. The molecule has 4 nitrogen and oxygen atoms in total. The summed E-state index contributed by atoms with van der Waals surface area (Å²) in [5.74, 6) is 5.82. The summed E-state index contributed by atoms with van der Waals surface area (Å²) < 4.78 is 5.43. The van der Waals surface area contributed by atoms with E-state index in [0.29, 0.717) is 31.9 Å². The highest BCUT2D eigenvalue weighted by molar-refractivity contribution is 5.94. The van der Waals surface area contributed by atoms with Gasteiger partial charge in [-0.15, -0.1) is 0 Å². The highest BCUT2D eigenvalue weighted by atomic mass is 16.5. The van der Waals surface area contributed by atoms with E-state index in [1.165, 1.54) is 0 Å². The first-order chi connectivity index (χ1) is 9.76. The molecule has 0 saturated carbocycles. The number of carbonyl (C=O) groups is 1. The van der Waals surface area contributed by atoms with Crippen LogP contribution in [0.5, 0.6) is 0 Å². The molecule has 2 N–H and O–H groups in total. The zero-order chi connectivity index (χ0) is 14.4. The molecule has 1 aromatic carbocycles. The van der Waals surface area contributed by atoms with Crippen LogP contribution >= 0.6 is 0 Å². The molecule has 4 heteroatoms. The molecule has 1 aromatic rings. The second-order valence-electron chi connectivity index (χ2n) is 4.72. The molecule has 0 aliphatic carbocycles. The largest absolute Gasteiger partial charge is 0.377 e. The summed E-state index contributed by atoms with van der Waals surface area (Å²) in [4.78, 5) is 14.4. The Balaban J connectivity index is 2.12. The van der Waals surface area contributed by atoms with Gasteiger partial charge in [0.2, 0.25) is 0 Å². The Morgan fingerprint density at radius 1 is 1.45 bits per heavy atom. The Morgan fingerprint density at radius 2 is 2.20 bits per heavy atom. The van der Waals surface area contributed by atoms with Crippen molar-refractivity contribution in [2.24, 2.45) is 5.73 Å². The Morgan fingerprint density at radius 3 is 2.85 bits per heavy atom. The van der Waals surface area contributed by atoms with Crippen molar-refractivity contribution in [1.82, 2.24) is 4.90 Å². The second-order valence-corrected chi connectivity index (χ2v) is 4.72. The summed E-state index contributed by atoms with van der Waals surface area (Å²) in [6.45, 7) is 4.31. The first-order valence-electron chi connectivity index (χ1n) is 6.94. The van der Waals surface area contributed by atoms with Crippen molar-refractivity contribution in [1.29, 1.82) is 0 Å². The SMILES string of the molecule is CCC1COCCN1C(=O)c1ccc(C#CCN)cc1. The number of nitrogens with zero attached hydrogens (tertiary/aromatic N) is 1. The first-order valence-corrected chi connectivity index (χ1v) is 6.94. The fourth-order valence-corrected chi connectivity index (χ4v) is 2.28. The van der Waals surface area contributed by atoms with E-state index >= 15 is 0 Å². The number of ether oxygens (including phenoxy) is 1. The van der Waals surface area contributed by atoms with Gasteiger partial charge in [0.05, 0.1) is 25.8 Å².